The Hall–Kier alpha value is -1.70. The Balaban J connectivity index is 1.32. The second kappa shape index (κ2) is 9.12. The van der Waals surface area contributed by atoms with Crippen molar-refractivity contribution in [2.24, 2.45) is 0 Å². The second-order valence-corrected chi connectivity index (χ2v) is 7.41. The number of rotatable bonds is 8. The predicted molar refractivity (Wildman–Crippen MR) is 99.9 cm³/mol. The van der Waals surface area contributed by atoms with Crippen LogP contribution in [0.4, 0.5) is 0 Å². The highest BCUT2D eigenvalue weighted by Gasteiger charge is 2.17. The number of unbranched alkanes of at least 4 members (excludes halogenated alkanes) is 2. The van der Waals surface area contributed by atoms with Gasteiger partial charge in [0.25, 0.3) is 5.91 Å². The number of thiophene rings is 1. The molecule has 1 saturated heterocycles. The standard InChI is InChI=1S/C18H26N4O2S/c1-14-13-19-8-10-22(14)9-4-2-3-7-20-18(23)15-12-16(24-21-15)17-6-5-11-25-17/h5-6,11-12,14,19H,2-4,7-10,13H2,1H3,(H,20,23). The first-order valence-electron chi connectivity index (χ1n) is 8.97. The number of hydrogen-bond acceptors (Lipinski definition) is 6. The van der Waals surface area contributed by atoms with Crippen LogP contribution in [0.5, 0.6) is 0 Å². The van der Waals surface area contributed by atoms with Crippen LogP contribution >= 0.6 is 11.3 Å². The van der Waals surface area contributed by atoms with Crippen molar-refractivity contribution in [2.45, 2.75) is 32.2 Å². The first kappa shape index (κ1) is 18.1. The molecule has 0 spiro atoms. The average Bonchev–Trinajstić information content (AvgIpc) is 3.30. The molecule has 7 heteroatoms. The summed E-state index contributed by atoms with van der Waals surface area (Å²) in [7, 11) is 0. The van der Waals surface area contributed by atoms with Crippen LogP contribution in [0.3, 0.4) is 0 Å². The van der Waals surface area contributed by atoms with Crippen molar-refractivity contribution in [2.75, 3.05) is 32.7 Å². The number of nitrogens with zero attached hydrogens (tertiary/aromatic N) is 2. The first-order valence-corrected chi connectivity index (χ1v) is 9.85. The van der Waals surface area contributed by atoms with Gasteiger partial charge < -0.3 is 15.2 Å². The van der Waals surface area contributed by atoms with Crippen molar-refractivity contribution < 1.29 is 9.32 Å². The summed E-state index contributed by atoms with van der Waals surface area (Å²) in [5, 5.41) is 12.2. The van der Waals surface area contributed by atoms with Gasteiger partial charge in [0, 0.05) is 38.3 Å². The molecule has 0 aliphatic carbocycles. The molecule has 3 heterocycles. The number of aromatic nitrogens is 1. The molecule has 6 nitrogen and oxygen atoms in total. The summed E-state index contributed by atoms with van der Waals surface area (Å²) in [4.78, 5) is 15.6. The van der Waals surface area contributed by atoms with Crippen LogP contribution in [0.25, 0.3) is 10.6 Å². The molecular weight excluding hydrogens is 336 g/mol. The van der Waals surface area contributed by atoms with Crippen molar-refractivity contribution in [1.82, 2.24) is 20.7 Å². The molecule has 0 radical (unpaired) electrons. The molecule has 1 fully saturated rings. The van der Waals surface area contributed by atoms with Gasteiger partial charge in [0.2, 0.25) is 0 Å². The Morgan fingerprint density at radius 2 is 2.40 bits per heavy atom. The first-order chi connectivity index (χ1) is 12.2. The van der Waals surface area contributed by atoms with Crippen LogP contribution in [0, 0.1) is 0 Å². The maximum atomic E-state index is 12.1. The molecule has 0 bridgehead atoms. The second-order valence-electron chi connectivity index (χ2n) is 6.46. The highest BCUT2D eigenvalue weighted by molar-refractivity contribution is 7.13. The molecule has 3 rings (SSSR count). The Labute approximate surface area is 152 Å². The van der Waals surface area contributed by atoms with E-state index in [4.69, 9.17) is 4.52 Å². The maximum Gasteiger partial charge on any atom is 0.273 e. The quantitative estimate of drug-likeness (QED) is 0.707. The van der Waals surface area contributed by atoms with Gasteiger partial charge in [-0.2, -0.15) is 0 Å². The summed E-state index contributed by atoms with van der Waals surface area (Å²) >= 11 is 1.57. The topological polar surface area (TPSA) is 70.4 Å². The van der Waals surface area contributed by atoms with Crippen molar-refractivity contribution >= 4 is 17.2 Å². The molecule has 1 aliphatic rings. The molecule has 1 unspecified atom stereocenters. The number of piperazine rings is 1. The van der Waals surface area contributed by atoms with Gasteiger partial charge in [-0.15, -0.1) is 11.3 Å². The summed E-state index contributed by atoms with van der Waals surface area (Å²) in [5.74, 6) is 0.479. The van der Waals surface area contributed by atoms with Crippen molar-refractivity contribution in [3.8, 4) is 10.6 Å². The predicted octanol–water partition coefficient (Wildman–Crippen LogP) is 2.60. The summed E-state index contributed by atoms with van der Waals surface area (Å²) < 4.78 is 5.24. The zero-order valence-corrected chi connectivity index (χ0v) is 15.5. The van der Waals surface area contributed by atoms with Crippen LogP contribution in [0.1, 0.15) is 36.7 Å². The van der Waals surface area contributed by atoms with Gasteiger partial charge in [-0.3, -0.25) is 9.69 Å². The van der Waals surface area contributed by atoms with Crippen molar-refractivity contribution in [1.29, 1.82) is 0 Å². The van der Waals surface area contributed by atoms with E-state index in [0.717, 1.165) is 43.9 Å². The number of nitrogens with one attached hydrogen (secondary N) is 2. The molecule has 2 N–H and O–H groups in total. The van der Waals surface area contributed by atoms with Crippen LogP contribution < -0.4 is 10.6 Å². The Bertz CT molecular complexity index is 656. The van der Waals surface area contributed by atoms with E-state index < -0.39 is 0 Å². The maximum absolute atomic E-state index is 12.1. The third kappa shape index (κ3) is 5.14. The van der Waals surface area contributed by atoms with Gasteiger partial charge in [0.15, 0.2) is 11.5 Å². The van der Waals surface area contributed by atoms with Crippen molar-refractivity contribution in [3.05, 3.63) is 29.3 Å². The zero-order chi connectivity index (χ0) is 17.5. The number of hydrogen-bond donors (Lipinski definition) is 2. The zero-order valence-electron chi connectivity index (χ0n) is 14.7. The molecule has 1 aliphatic heterocycles. The minimum Gasteiger partial charge on any atom is -0.355 e. The average molecular weight is 362 g/mol. The summed E-state index contributed by atoms with van der Waals surface area (Å²) in [5.41, 5.74) is 0.345. The van der Waals surface area contributed by atoms with E-state index in [-0.39, 0.29) is 5.91 Å². The summed E-state index contributed by atoms with van der Waals surface area (Å²) in [6, 6.07) is 6.22. The van der Waals surface area contributed by atoms with Gasteiger partial charge >= 0.3 is 0 Å². The molecule has 1 amide bonds. The number of amides is 1. The molecule has 2 aromatic rings. The minimum atomic E-state index is -0.165. The third-order valence-electron chi connectivity index (χ3n) is 4.55. The van der Waals surface area contributed by atoms with E-state index >= 15 is 0 Å². The molecule has 0 saturated carbocycles. The lowest BCUT2D eigenvalue weighted by Gasteiger charge is -2.33. The number of carbonyl (C=O) groups is 1. The largest absolute Gasteiger partial charge is 0.355 e. The Kier molecular flexibility index (Phi) is 6.61. The Morgan fingerprint density at radius 1 is 1.48 bits per heavy atom. The van der Waals surface area contributed by atoms with Gasteiger partial charge in [-0.25, -0.2) is 0 Å². The summed E-state index contributed by atoms with van der Waals surface area (Å²) in [6.07, 6.45) is 3.28. The lowest BCUT2D eigenvalue weighted by atomic mass is 10.1. The lowest BCUT2D eigenvalue weighted by molar-refractivity contribution is 0.0943. The fraction of sp³-hybridized carbons (Fsp3) is 0.556. The van der Waals surface area contributed by atoms with E-state index in [9.17, 15) is 4.79 Å². The molecule has 1 atom stereocenters. The fourth-order valence-electron chi connectivity index (χ4n) is 3.04. The fourth-order valence-corrected chi connectivity index (χ4v) is 3.71. The highest BCUT2D eigenvalue weighted by Crippen LogP contribution is 2.25. The van der Waals surface area contributed by atoms with E-state index in [2.05, 4.69) is 27.6 Å². The number of carbonyl (C=O) groups excluding carboxylic acids is 1. The van der Waals surface area contributed by atoms with E-state index in [1.807, 2.05) is 17.5 Å². The lowest BCUT2D eigenvalue weighted by Crippen LogP contribution is -2.49. The van der Waals surface area contributed by atoms with Gasteiger partial charge in [-0.05, 0) is 37.8 Å². The third-order valence-corrected chi connectivity index (χ3v) is 5.44. The van der Waals surface area contributed by atoms with Crippen LogP contribution in [0.2, 0.25) is 0 Å². The minimum absolute atomic E-state index is 0.165. The highest BCUT2D eigenvalue weighted by atomic mass is 32.1. The SMILES string of the molecule is CC1CNCCN1CCCCCNC(=O)c1cc(-c2cccs2)on1. The molecule has 25 heavy (non-hydrogen) atoms. The van der Waals surface area contributed by atoms with Crippen LogP contribution in [-0.4, -0.2) is 54.7 Å². The van der Waals surface area contributed by atoms with Gasteiger partial charge in [-0.1, -0.05) is 17.6 Å². The van der Waals surface area contributed by atoms with Crippen LogP contribution in [0.15, 0.2) is 28.1 Å². The molecular formula is C18H26N4O2S. The smallest absolute Gasteiger partial charge is 0.273 e. The van der Waals surface area contributed by atoms with Crippen molar-refractivity contribution in [3.63, 3.8) is 0 Å². The van der Waals surface area contributed by atoms with E-state index in [1.165, 1.54) is 6.42 Å². The van der Waals surface area contributed by atoms with Crippen LogP contribution in [-0.2, 0) is 0 Å². The Morgan fingerprint density at radius 3 is 3.20 bits per heavy atom. The monoisotopic (exact) mass is 362 g/mol. The van der Waals surface area contributed by atoms with E-state index in [0.29, 0.717) is 24.0 Å². The molecule has 2 aromatic heterocycles. The molecule has 0 aromatic carbocycles. The van der Waals surface area contributed by atoms with E-state index in [1.54, 1.807) is 17.4 Å². The normalized spacial score (nSPS) is 18.4. The van der Waals surface area contributed by atoms with Gasteiger partial charge in [0.1, 0.15) is 0 Å². The molecule has 136 valence electrons. The van der Waals surface area contributed by atoms with Gasteiger partial charge in [0.05, 0.1) is 4.88 Å². The summed E-state index contributed by atoms with van der Waals surface area (Å²) in [6.45, 7) is 7.40.